The van der Waals surface area contributed by atoms with Crippen LogP contribution in [-0.2, 0) is 22.3 Å². The molecule has 0 unspecified atom stereocenters. The third kappa shape index (κ3) is 2.08. The molecule has 2 amide bonds. The lowest BCUT2D eigenvalue weighted by atomic mass is 9.78. The van der Waals surface area contributed by atoms with Gasteiger partial charge in [-0.2, -0.15) is 0 Å². The van der Waals surface area contributed by atoms with Crippen molar-refractivity contribution in [2.75, 3.05) is 13.2 Å². The van der Waals surface area contributed by atoms with E-state index >= 15 is 0 Å². The number of benzene rings is 2. The van der Waals surface area contributed by atoms with Crippen LogP contribution >= 0.6 is 0 Å². The maximum absolute atomic E-state index is 12.7. The number of nitrogens with zero attached hydrogens (tertiary/aromatic N) is 2. The first kappa shape index (κ1) is 16.0. The van der Waals surface area contributed by atoms with Gasteiger partial charge in [-0.05, 0) is 35.1 Å². The molecule has 6 heteroatoms. The molecule has 0 spiro atoms. The average molecular weight is 376 g/mol. The molecule has 4 aliphatic rings. The summed E-state index contributed by atoms with van der Waals surface area (Å²) in [5, 5.41) is 0. The summed E-state index contributed by atoms with van der Waals surface area (Å²) < 4.78 is 10.9. The van der Waals surface area contributed by atoms with E-state index in [4.69, 9.17) is 9.47 Å². The first-order chi connectivity index (χ1) is 13.7. The number of cyclic esters (lactones) is 2. The second-order valence-electron chi connectivity index (χ2n) is 7.97. The molecule has 0 bridgehead atoms. The zero-order valence-corrected chi connectivity index (χ0v) is 15.3. The Balaban J connectivity index is 1.58. The topological polar surface area (TPSA) is 59.1 Å². The van der Waals surface area contributed by atoms with Crippen LogP contribution in [0.2, 0.25) is 0 Å². The van der Waals surface area contributed by atoms with Gasteiger partial charge in [-0.15, -0.1) is 0 Å². The molecule has 28 heavy (non-hydrogen) atoms. The van der Waals surface area contributed by atoms with Gasteiger partial charge in [0.05, 0.1) is 24.2 Å². The van der Waals surface area contributed by atoms with Crippen LogP contribution in [-0.4, -0.2) is 47.3 Å². The third-order valence-corrected chi connectivity index (χ3v) is 6.56. The van der Waals surface area contributed by atoms with Gasteiger partial charge in [0, 0.05) is 0 Å². The van der Waals surface area contributed by atoms with E-state index in [-0.39, 0.29) is 36.4 Å². The maximum Gasteiger partial charge on any atom is 0.410 e. The first-order valence-corrected chi connectivity index (χ1v) is 9.78. The molecule has 0 radical (unpaired) electrons. The van der Waals surface area contributed by atoms with E-state index in [2.05, 4.69) is 24.3 Å². The van der Waals surface area contributed by atoms with Crippen molar-refractivity contribution in [3.8, 4) is 0 Å². The first-order valence-electron chi connectivity index (χ1n) is 9.78. The zero-order chi connectivity index (χ0) is 18.8. The molecule has 0 aliphatic carbocycles. The molecule has 2 fully saturated rings. The van der Waals surface area contributed by atoms with Gasteiger partial charge in [0.1, 0.15) is 13.2 Å². The van der Waals surface area contributed by atoms with E-state index in [9.17, 15) is 9.59 Å². The monoisotopic (exact) mass is 376 g/mol. The molecule has 4 atom stereocenters. The van der Waals surface area contributed by atoms with Gasteiger partial charge >= 0.3 is 12.2 Å². The van der Waals surface area contributed by atoms with Gasteiger partial charge in [-0.3, -0.25) is 9.80 Å². The molecule has 4 aliphatic heterocycles. The summed E-state index contributed by atoms with van der Waals surface area (Å²) in [6.07, 6.45) is 0.967. The molecule has 0 saturated carbocycles. The van der Waals surface area contributed by atoms with Gasteiger partial charge in [0.15, 0.2) is 0 Å². The number of fused-ring (bicyclic) bond motifs is 4. The molecule has 6 nitrogen and oxygen atoms in total. The van der Waals surface area contributed by atoms with Crippen molar-refractivity contribution in [1.82, 2.24) is 9.80 Å². The van der Waals surface area contributed by atoms with Crippen molar-refractivity contribution in [1.29, 1.82) is 0 Å². The van der Waals surface area contributed by atoms with Crippen molar-refractivity contribution >= 4 is 12.2 Å². The number of hydrogen-bond acceptors (Lipinski definition) is 4. The summed E-state index contributed by atoms with van der Waals surface area (Å²) in [6.45, 7) is 0.790. The minimum Gasteiger partial charge on any atom is -0.447 e. The predicted molar refractivity (Wildman–Crippen MR) is 99.7 cm³/mol. The number of amides is 2. The second kappa shape index (κ2) is 5.74. The normalized spacial score (nSPS) is 30.1. The summed E-state index contributed by atoms with van der Waals surface area (Å²) in [7, 11) is 0. The van der Waals surface area contributed by atoms with Crippen molar-refractivity contribution in [2.45, 2.75) is 37.0 Å². The highest BCUT2D eigenvalue weighted by molar-refractivity contribution is 5.74. The quantitative estimate of drug-likeness (QED) is 0.767. The summed E-state index contributed by atoms with van der Waals surface area (Å²) in [6, 6.07) is 15.9. The van der Waals surface area contributed by atoms with Gasteiger partial charge in [-0.1, -0.05) is 48.5 Å². The van der Waals surface area contributed by atoms with E-state index in [1.807, 2.05) is 34.1 Å². The number of hydrogen-bond donors (Lipinski definition) is 0. The Labute approximate surface area is 162 Å². The Morgan fingerprint density at radius 3 is 1.57 bits per heavy atom. The minimum absolute atomic E-state index is 0.00133. The summed E-state index contributed by atoms with van der Waals surface area (Å²) in [5.74, 6) is 0. The van der Waals surface area contributed by atoms with Crippen LogP contribution in [0, 0.1) is 0 Å². The standard InChI is InChI=1S/C22H20N2O4/c25-21-23-15(11-27-21)9-13-5-1-3-7-17(13)19(23)20-18-8-4-2-6-14(18)10-16-12-28-22(26)24(16)20/h1-8,15-16,19-20H,9-12H2/t15-,16-,19-,20-/m0/s1. The van der Waals surface area contributed by atoms with Crippen molar-refractivity contribution in [2.24, 2.45) is 0 Å². The molecular weight excluding hydrogens is 356 g/mol. The van der Waals surface area contributed by atoms with E-state index in [1.54, 1.807) is 0 Å². The molecular formula is C22H20N2O4. The summed E-state index contributed by atoms with van der Waals surface area (Å²) in [4.78, 5) is 29.2. The van der Waals surface area contributed by atoms with Gasteiger partial charge in [0.2, 0.25) is 0 Å². The van der Waals surface area contributed by atoms with Crippen LogP contribution in [0.4, 0.5) is 9.59 Å². The molecule has 142 valence electrons. The Hall–Kier alpha value is -3.02. The fourth-order valence-corrected chi connectivity index (χ4v) is 5.41. The highest BCUT2D eigenvalue weighted by Gasteiger charge is 2.53. The Morgan fingerprint density at radius 1 is 0.679 bits per heavy atom. The Kier molecular flexibility index (Phi) is 3.27. The van der Waals surface area contributed by atoms with Crippen LogP contribution in [0.1, 0.15) is 34.3 Å². The molecule has 0 aromatic heterocycles. The molecule has 4 heterocycles. The fraction of sp³-hybridized carbons (Fsp3) is 0.364. The number of carbonyl (C=O) groups is 2. The van der Waals surface area contributed by atoms with Crippen molar-refractivity contribution < 1.29 is 19.1 Å². The van der Waals surface area contributed by atoms with Crippen molar-refractivity contribution in [3.05, 3.63) is 70.8 Å². The molecule has 0 N–H and O–H groups in total. The smallest absolute Gasteiger partial charge is 0.410 e. The number of rotatable bonds is 1. The van der Waals surface area contributed by atoms with E-state index in [0.717, 1.165) is 24.0 Å². The number of ether oxygens (including phenoxy) is 2. The third-order valence-electron chi connectivity index (χ3n) is 6.56. The van der Waals surface area contributed by atoms with Crippen LogP contribution in [0.5, 0.6) is 0 Å². The summed E-state index contributed by atoms with van der Waals surface area (Å²) >= 11 is 0. The van der Waals surface area contributed by atoms with E-state index in [1.165, 1.54) is 11.1 Å². The Bertz CT molecular complexity index is 911. The van der Waals surface area contributed by atoms with Gasteiger partial charge in [0.25, 0.3) is 0 Å². The van der Waals surface area contributed by atoms with E-state index in [0.29, 0.717) is 13.2 Å². The van der Waals surface area contributed by atoms with Gasteiger partial charge < -0.3 is 9.47 Å². The maximum atomic E-state index is 12.7. The lowest BCUT2D eigenvalue weighted by molar-refractivity contribution is 0.0723. The lowest BCUT2D eigenvalue weighted by Gasteiger charge is -2.47. The lowest BCUT2D eigenvalue weighted by Crippen LogP contribution is -2.52. The second-order valence-corrected chi connectivity index (χ2v) is 7.97. The fourth-order valence-electron chi connectivity index (χ4n) is 5.41. The minimum atomic E-state index is -0.295. The zero-order valence-electron chi connectivity index (χ0n) is 15.3. The average Bonchev–Trinajstić information content (AvgIpc) is 3.27. The molecule has 6 rings (SSSR count). The summed E-state index contributed by atoms with van der Waals surface area (Å²) in [5.41, 5.74) is 4.63. The highest BCUT2D eigenvalue weighted by atomic mass is 16.6. The highest BCUT2D eigenvalue weighted by Crippen LogP contribution is 2.50. The Morgan fingerprint density at radius 2 is 1.11 bits per heavy atom. The SMILES string of the molecule is O=C1OC[C@@H]2Cc3ccccc3[C@@H]([C@@H]3c4ccccc4C[C@H]4COC(=O)N43)N12. The predicted octanol–water partition coefficient (Wildman–Crippen LogP) is 3.22. The van der Waals surface area contributed by atoms with Crippen molar-refractivity contribution in [3.63, 3.8) is 0 Å². The van der Waals surface area contributed by atoms with E-state index < -0.39 is 0 Å². The van der Waals surface area contributed by atoms with Gasteiger partial charge in [-0.25, -0.2) is 9.59 Å². The number of carbonyl (C=O) groups excluding carboxylic acids is 2. The molecule has 2 aromatic rings. The van der Waals surface area contributed by atoms with Crippen LogP contribution in [0.25, 0.3) is 0 Å². The van der Waals surface area contributed by atoms with Crippen LogP contribution < -0.4 is 0 Å². The van der Waals surface area contributed by atoms with Crippen LogP contribution in [0.15, 0.2) is 48.5 Å². The molecule has 2 aromatic carbocycles. The largest absolute Gasteiger partial charge is 0.447 e. The van der Waals surface area contributed by atoms with Crippen LogP contribution in [0.3, 0.4) is 0 Å². The molecule has 2 saturated heterocycles.